The van der Waals surface area contributed by atoms with Crippen molar-refractivity contribution in [2.45, 2.75) is 18.9 Å². The molecule has 2 aromatic carbocycles. The van der Waals surface area contributed by atoms with Crippen LogP contribution in [-0.4, -0.2) is 47.0 Å². The van der Waals surface area contributed by atoms with Crippen LogP contribution in [0.2, 0.25) is 5.02 Å². The lowest BCUT2D eigenvalue weighted by Gasteiger charge is -2.18. The van der Waals surface area contributed by atoms with E-state index in [0.717, 1.165) is 15.9 Å². The van der Waals surface area contributed by atoms with E-state index in [1.54, 1.807) is 47.3 Å². The van der Waals surface area contributed by atoms with Gasteiger partial charge in [0.15, 0.2) is 6.20 Å². The Balaban J connectivity index is 1.36. The molecule has 3 N–H and O–H groups in total. The van der Waals surface area contributed by atoms with Gasteiger partial charge < -0.3 is 16.0 Å². The van der Waals surface area contributed by atoms with E-state index >= 15 is 0 Å². The number of primary amides is 1. The van der Waals surface area contributed by atoms with E-state index in [-0.39, 0.29) is 23.3 Å². The van der Waals surface area contributed by atoms with Gasteiger partial charge in [0.25, 0.3) is 0 Å². The molecule has 1 unspecified atom stereocenters. The zero-order chi connectivity index (χ0) is 28.7. The molecule has 0 radical (unpaired) electrons. The summed E-state index contributed by atoms with van der Waals surface area (Å²) in [5, 5.41) is 39.1. The number of halogens is 1. The number of nitrogens with zero attached hydrogens (tertiary/aromatic N) is 7. The molecule has 3 aromatic heterocycles. The normalized spacial score (nSPS) is 16.8. The number of hydrogen-bond donors (Lipinski definition) is 2. The number of aromatic carboxylic acids is 1. The Bertz CT molecular complexity index is 1750. The number of rotatable bonds is 9. The van der Waals surface area contributed by atoms with Crippen LogP contribution >= 0.6 is 11.6 Å². The number of carboxylic acid groups (broad SMARTS) is 1. The predicted octanol–water partition coefficient (Wildman–Crippen LogP) is 3.28. The van der Waals surface area contributed by atoms with Crippen LogP contribution in [0.3, 0.4) is 0 Å². The fraction of sp³-hybridized carbons (Fsp3) is 0.179. The Labute approximate surface area is 238 Å². The summed E-state index contributed by atoms with van der Waals surface area (Å²) in [6, 6.07) is 14.8. The summed E-state index contributed by atoms with van der Waals surface area (Å²) >= 11 is 6.29. The molecule has 13 heteroatoms. The lowest BCUT2D eigenvalue weighted by Crippen LogP contribution is -2.35. The number of nitrogens with two attached hydrogens (primary N) is 1. The average Bonchev–Trinajstić information content (AvgIpc) is 3.31. The molecule has 12 nitrogen and oxygen atoms in total. The van der Waals surface area contributed by atoms with Gasteiger partial charge in [-0.3, -0.25) is 9.48 Å². The molecule has 0 bridgehead atoms. The number of tetrazole rings is 1. The van der Waals surface area contributed by atoms with E-state index in [9.17, 15) is 19.9 Å². The molecule has 41 heavy (non-hydrogen) atoms. The van der Waals surface area contributed by atoms with Crippen LogP contribution in [0.4, 0.5) is 0 Å². The Morgan fingerprint density at radius 2 is 1.90 bits per heavy atom. The number of aromatic nitrogens is 7. The predicted molar refractivity (Wildman–Crippen MR) is 147 cm³/mol. The van der Waals surface area contributed by atoms with Crippen LogP contribution in [0.1, 0.15) is 34.9 Å². The van der Waals surface area contributed by atoms with E-state index in [2.05, 4.69) is 20.6 Å². The lowest BCUT2D eigenvalue weighted by atomic mass is 10.0. The number of pyridine rings is 1. The summed E-state index contributed by atoms with van der Waals surface area (Å²) in [5.41, 5.74) is 9.62. The summed E-state index contributed by atoms with van der Waals surface area (Å²) in [6.07, 6.45) is 7.54. The topological polar surface area (TPSA) is 169 Å². The molecule has 3 heterocycles. The maximum Gasteiger partial charge on any atom is 0.335 e. The van der Waals surface area contributed by atoms with Gasteiger partial charge in [-0.15, -0.1) is 5.10 Å². The van der Waals surface area contributed by atoms with E-state index in [4.69, 9.17) is 17.3 Å². The van der Waals surface area contributed by atoms with Gasteiger partial charge in [0.1, 0.15) is 12.4 Å². The van der Waals surface area contributed by atoms with Crippen molar-refractivity contribution in [3.63, 3.8) is 0 Å². The highest BCUT2D eigenvalue weighted by atomic mass is 35.5. The number of carbonyl (C=O) groups is 2. The molecule has 0 spiro atoms. The molecule has 1 aliphatic carbocycles. The molecule has 6 rings (SSSR count). The molecule has 206 valence electrons. The van der Waals surface area contributed by atoms with Crippen molar-refractivity contribution in [1.82, 2.24) is 30.0 Å². The SMILES string of the molecule is NC(=O)[C@@H]1C[C@H]1CC(c1ccc(-c2cc(Cl)ccc2-n2cnnn2)c[n+]1[O-])n1cc(-c2ccc(C(=O)O)cc2)cn1. The number of benzene rings is 2. The summed E-state index contributed by atoms with van der Waals surface area (Å²) in [7, 11) is 0. The van der Waals surface area contributed by atoms with Gasteiger partial charge in [-0.1, -0.05) is 23.7 Å². The van der Waals surface area contributed by atoms with Gasteiger partial charge in [0.2, 0.25) is 11.6 Å². The summed E-state index contributed by atoms with van der Waals surface area (Å²) in [5.74, 6) is -1.57. The van der Waals surface area contributed by atoms with Gasteiger partial charge in [-0.25, -0.2) is 4.79 Å². The van der Waals surface area contributed by atoms with Crippen molar-refractivity contribution in [2.24, 2.45) is 17.6 Å². The standard InChI is InChI=1S/C28H23ClN8O4/c29-21-6-8-24(36-15-31-33-34-36)22(11-21)18-5-7-25(37(41)14-18)26(10-19-9-23(19)27(30)38)35-13-20(12-32-35)16-1-3-17(4-2-16)28(39)40/h1-8,11-15,19,23,26H,9-10H2,(H2,30,38)(H,39,40)/t19-,23+,26?/m0/s1. The first-order valence-electron chi connectivity index (χ1n) is 12.7. The number of hydrogen-bond acceptors (Lipinski definition) is 7. The van der Waals surface area contributed by atoms with Crippen molar-refractivity contribution >= 4 is 23.5 Å². The highest BCUT2D eigenvalue weighted by Crippen LogP contribution is 2.45. The average molecular weight is 571 g/mol. The van der Waals surface area contributed by atoms with E-state index in [0.29, 0.717) is 40.4 Å². The van der Waals surface area contributed by atoms with E-state index < -0.39 is 12.0 Å². The zero-order valence-corrected chi connectivity index (χ0v) is 22.2. The second-order valence-corrected chi connectivity index (χ2v) is 10.4. The van der Waals surface area contributed by atoms with Gasteiger partial charge in [0.05, 0.1) is 17.4 Å². The van der Waals surface area contributed by atoms with Crippen LogP contribution in [0.5, 0.6) is 0 Å². The maximum atomic E-state index is 13.6. The molecule has 3 atom stereocenters. The lowest BCUT2D eigenvalue weighted by molar-refractivity contribution is -0.615. The molecule has 1 amide bonds. The van der Waals surface area contributed by atoms with Gasteiger partial charge >= 0.3 is 5.97 Å². The summed E-state index contributed by atoms with van der Waals surface area (Å²) < 4.78 is 3.99. The highest BCUT2D eigenvalue weighted by molar-refractivity contribution is 6.31. The van der Waals surface area contributed by atoms with E-state index in [1.807, 2.05) is 12.3 Å². The zero-order valence-electron chi connectivity index (χ0n) is 21.4. The first kappa shape index (κ1) is 26.1. The van der Waals surface area contributed by atoms with Crippen molar-refractivity contribution in [1.29, 1.82) is 0 Å². The Morgan fingerprint density at radius 3 is 2.56 bits per heavy atom. The summed E-state index contributed by atoms with van der Waals surface area (Å²) in [6.45, 7) is 0. The van der Waals surface area contributed by atoms with Crippen molar-refractivity contribution < 1.29 is 19.4 Å². The first-order valence-corrected chi connectivity index (χ1v) is 13.1. The number of carboxylic acids is 1. The smallest absolute Gasteiger partial charge is 0.335 e. The Morgan fingerprint density at radius 1 is 1.12 bits per heavy atom. The second-order valence-electron chi connectivity index (χ2n) is 9.93. The van der Waals surface area contributed by atoms with Crippen LogP contribution < -0.4 is 10.5 Å². The van der Waals surface area contributed by atoms with E-state index in [1.165, 1.54) is 29.3 Å². The fourth-order valence-corrected chi connectivity index (χ4v) is 5.26. The second kappa shape index (κ2) is 10.5. The third kappa shape index (κ3) is 5.24. The monoisotopic (exact) mass is 570 g/mol. The molecular weight excluding hydrogens is 548 g/mol. The van der Waals surface area contributed by atoms with Crippen molar-refractivity contribution in [3.8, 4) is 27.9 Å². The quantitative estimate of drug-likeness (QED) is 0.201. The Kier molecular flexibility index (Phi) is 6.67. The summed E-state index contributed by atoms with van der Waals surface area (Å²) in [4.78, 5) is 23.0. The van der Waals surface area contributed by atoms with Gasteiger partial charge in [-0.2, -0.15) is 14.5 Å². The maximum absolute atomic E-state index is 13.6. The molecule has 1 saturated carbocycles. The molecule has 0 aliphatic heterocycles. The molecule has 0 saturated heterocycles. The largest absolute Gasteiger partial charge is 0.618 e. The third-order valence-corrected chi connectivity index (χ3v) is 7.59. The molecule has 1 aliphatic rings. The molecular formula is C28H23ClN8O4. The first-order chi connectivity index (χ1) is 19.8. The van der Waals surface area contributed by atoms with Gasteiger partial charge in [-0.05, 0) is 71.1 Å². The fourth-order valence-electron chi connectivity index (χ4n) is 5.09. The minimum Gasteiger partial charge on any atom is -0.618 e. The van der Waals surface area contributed by atoms with Crippen LogP contribution in [0, 0.1) is 17.0 Å². The van der Waals surface area contributed by atoms with Crippen molar-refractivity contribution in [3.05, 3.63) is 101 Å². The van der Waals surface area contributed by atoms with Crippen LogP contribution in [0.15, 0.2) is 79.5 Å². The highest BCUT2D eigenvalue weighted by Gasteiger charge is 2.44. The number of amides is 1. The number of carbonyl (C=O) groups excluding carboxylic acids is 1. The van der Waals surface area contributed by atoms with Crippen molar-refractivity contribution in [2.75, 3.05) is 0 Å². The third-order valence-electron chi connectivity index (χ3n) is 7.35. The van der Waals surface area contributed by atoms with Gasteiger partial charge in [0, 0.05) is 39.9 Å². The molecule has 5 aromatic rings. The minimum absolute atomic E-state index is 0.0269. The Hall–Kier alpha value is -5.10. The van der Waals surface area contributed by atoms with Crippen LogP contribution in [-0.2, 0) is 4.79 Å². The minimum atomic E-state index is -1.01. The van der Waals surface area contributed by atoms with Crippen LogP contribution in [0.25, 0.3) is 27.9 Å². The molecule has 1 fully saturated rings.